The second-order valence-electron chi connectivity index (χ2n) is 5.59. The van der Waals surface area contributed by atoms with Gasteiger partial charge in [-0.2, -0.15) is 0 Å². The van der Waals surface area contributed by atoms with Crippen LogP contribution in [0.1, 0.15) is 18.5 Å². The van der Waals surface area contributed by atoms with E-state index in [0.717, 1.165) is 22.0 Å². The average molecular weight is 354 g/mol. The van der Waals surface area contributed by atoms with Crippen LogP contribution in [0, 0.1) is 6.92 Å². The SMILES string of the molecule is Cc1csc(-c2ccc(NC(=O)C3(N)CCOCC3)cc2)n1.Cl. The van der Waals surface area contributed by atoms with Gasteiger partial charge in [0.1, 0.15) is 10.5 Å². The number of nitrogens with two attached hydrogens (primary N) is 1. The molecule has 1 fully saturated rings. The highest BCUT2D eigenvalue weighted by atomic mass is 35.5. The maximum Gasteiger partial charge on any atom is 0.244 e. The summed E-state index contributed by atoms with van der Waals surface area (Å²) < 4.78 is 5.27. The summed E-state index contributed by atoms with van der Waals surface area (Å²) in [5, 5.41) is 5.90. The van der Waals surface area contributed by atoms with E-state index in [4.69, 9.17) is 10.5 Å². The van der Waals surface area contributed by atoms with Gasteiger partial charge in [-0.1, -0.05) is 0 Å². The normalized spacial score (nSPS) is 16.4. The van der Waals surface area contributed by atoms with Gasteiger partial charge in [0.05, 0.1) is 0 Å². The monoisotopic (exact) mass is 353 g/mol. The van der Waals surface area contributed by atoms with E-state index in [-0.39, 0.29) is 18.3 Å². The van der Waals surface area contributed by atoms with E-state index in [2.05, 4.69) is 10.3 Å². The molecule has 7 heteroatoms. The molecule has 1 aliphatic rings. The lowest BCUT2D eigenvalue weighted by Crippen LogP contribution is -2.54. The van der Waals surface area contributed by atoms with Gasteiger partial charge in [-0.15, -0.1) is 23.7 Å². The minimum absolute atomic E-state index is 0. The number of rotatable bonds is 3. The summed E-state index contributed by atoms with van der Waals surface area (Å²) in [4.78, 5) is 16.8. The molecule has 0 radical (unpaired) electrons. The van der Waals surface area contributed by atoms with Crippen LogP contribution < -0.4 is 11.1 Å². The molecule has 1 saturated heterocycles. The number of thiazole rings is 1. The van der Waals surface area contributed by atoms with Crippen LogP contribution in [-0.4, -0.2) is 29.6 Å². The summed E-state index contributed by atoms with van der Waals surface area (Å²) in [6.45, 7) is 3.04. The predicted octanol–water partition coefficient (Wildman–Crippen LogP) is 2.99. The Morgan fingerprint density at radius 1 is 1.30 bits per heavy atom. The van der Waals surface area contributed by atoms with Crippen molar-refractivity contribution in [2.24, 2.45) is 5.73 Å². The maximum atomic E-state index is 12.3. The van der Waals surface area contributed by atoms with Gasteiger partial charge in [0.25, 0.3) is 0 Å². The minimum atomic E-state index is -0.830. The van der Waals surface area contributed by atoms with Crippen molar-refractivity contribution in [3.05, 3.63) is 35.3 Å². The van der Waals surface area contributed by atoms with E-state index in [1.807, 2.05) is 36.6 Å². The van der Waals surface area contributed by atoms with Gasteiger partial charge < -0.3 is 15.8 Å². The van der Waals surface area contributed by atoms with Crippen LogP contribution in [0.5, 0.6) is 0 Å². The molecule has 0 saturated carbocycles. The molecule has 1 aromatic heterocycles. The van der Waals surface area contributed by atoms with Gasteiger partial charge in [-0.05, 0) is 44.0 Å². The Balaban J connectivity index is 0.00000192. The molecule has 3 rings (SSSR count). The highest BCUT2D eigenvalue weighted by Crippen LogP contribution is 2.25. The van der Waals surface area contributed by atoms with E-state index >= 15 is 0 Å². The number of benzene rings is 1. The summed E-state index contributed by atoms with van der Waals surface area (Å²) in [5.74, 6) is -0.145. The van der Waals surface area contributed by atoms with Crippen LogP contribution >= 0.6 is 23.7 Å². The van der Waals surface area contributed by atoms with Crippen molar-refractivity contribution in [2.75, 3.05) is 18.5 Å². The van der Waals surface area contributed by atoms with E-state index < -0.39 is 5.54 Å². The molecular weight excluding hydrogens is 334 g/mol. The largest absolute Gasteiger partial charge is 0.381 e. The molecule has 0 bridgehead atoms. The Labute approximate surface area is 145 Å². The number of halogens is 1. The van der Waals surface area contributed by atoms with Crippen molar-refractivity contribution in [1.82, 2.24) is 4.98 Å². The third kappa shape index (κ3) is 4.09. The van der Waals surface area contributed by atoms with Crippen molar-refractivity contribution >= 4 is 35.3 Å². The molecule has 124 valence electrons. The van der Waals surface area contributed by atoms with Crippen molar-refractivity contribution < 1.29 is 9.53 Å². The number of amides is 1. The molecule has 1 aliphatic heterocycles. The van der Waals surface area contributed by atoms with Gasteiger partial charge in [-0.3, -0.25) is 4.79 Å². The molecule has 2 heterocycles. The first-order valence-corrected chi connectivity index (χ1v) is 8.15. The van der Waals surface area contributed by atoms with Gasteiger partial charge >= 0.3 is 0 Å². The van der Waals surface area contributed by atoms with Crippen molar-refractivity contribution in [1.29, 1.82) is 0 Å². The second kappa shape index (κ2) is 7.40. The van der Waals surface area contributed by atoms with Crippen LogP contribution in [0.3, 0.4) is 0 Å². The zero-order valence-corrected chi connectivity index (χ0v) is 14.5. The molecule has 0 aliphatic carbocycles. The van der Waals surface area contributed by atoms with Crippen molar-refractivity contribution in [3.8, 4) is 10.6 Å². The number of anilines is 1. The number of nitrogens with zero attached hydrogens (tertiary/aromatic N) is 1. The number of carbonyl (C=O) groups excluding carboxylic acids is 1. The first-order chi connectivity index (χ1) is 10.6. The van der Waals surface area contributed by atoms with Crippen LogP contribution in [0.2, 0.25) is 0 Å². The third-order valence-electron chi connectivity index (χ3n) is 3.85. The Hall–Kier alpha value is -1.47. The summed E-state index contributed by atoms with van der Waals surface area (Å²) in [7, 11) is 0. The summed E-state index contributed by atoms with van der Waals surface area (Å²) in [5.41, 5.74) is 8.15. The number of nitrogens with one attached hydrogen (secondary N) is 1. The molecule has 1 aromatic carbocycles. The minimum Gasteiger partial charge on any atom is -0.381 e. The fourth-order valence-corrected chi connectivity index (χ4v) is 3.20. The zero-order valence-electron chi connectivity index (χ0n) is 12.9. The number of hydrogen-bond donors (Lipinski definition) is 2. The maximum absolute atomic E-state index is 12.3. The Morgan fingerprint density at radius 2 is 1.96 bits per heavy atom. The van der Waals surface area contributed by atoms with Crippen LogP contribution in [0.15, 0.2) is 29.6 Å². The van der Waals surface area contributed by atoms with Gasteiger partial charge in [-0.25, -0.2) is 4.98 Å². The van der Waals surface area contributed by atoms with Crippen LogP contribution in [0.25, 0.3) is 10.6 Å². The van der Waals surface area contributed by atoms with Gasteiger partial charge in [0.15, 0.2) is 0 Å². The average Bonchev–Trinajstić information content (AvgIpc) is 2.95. The highest BCUT2D eigenvalue weighted by Gasteiger charge is 2.35. The number of aryl methyl sites for hydroxylation is 1. The van der Waals surface area contributed by atoms with E-state index in [9.17, 15) is 4.79 Å². The topological polar surface area (TPSA) is 77.2 Å². The standard InChI is InChI=1S/C16H19N3O2S.ClH/c1-11-10-22-14(18-11)12-2-4-13(5-3-12)19-15(20)16(17)6-8-21-9-7-16;/h2-5,10H,6-9,17H2,1H3,(H,19,20);1H. The summed E-state index contributed by atoms with van der Waals surface area (Å²) in [6.07, 6.45) is 1.10. The Kier molecular flexibility index (Phi) is 5.75. The van der Waals surface area contributed by atoms with E-state index in [1.165, 1.54) is 0 Å². The molecule has 5 nitrogen and oxygen atoms in total. The summed E-state index contributed by atoms with van der Waals surface area (Å²) in [6, 6.07) is 7.68. The van der Waals surface area contributed by atoms with E-state index in [0.29, 0.717) is 26.1 Å². The lowest BCUT2D eigenvalue weighted by atomic mass is 9.90. The van der Waals surface area contributed by atoms with Crippen molar-refractivity contribution in [2.45, 2.75) is 25.3 Å². The smallest absolute Gasteiger partial charge is 0.244 e. The molecule has 2 aromatic rings. The number of carbonyl (C=O) groups is 1. The molecule has 1 amide bonds. The summed E-state index contributed by atoms with van der Waals surface area (Å²) >= 11 is 1.61. The molecule has 0 atom stereocenters. The van der Waals surface area contributed by atoms with Crippen LogP contribution in [0.4, 0.5) is 5.69 Å². The number of aromatic nitrogens is 1. The number of hydrogen-bond acceptors (Lipinski definition) is 5. The quantitative estimate of drug-likeness (QED) is 0.889. The first kappa shape index (κ1) is 17.9. The first-order valence-electron chi connectivity index (χ1n) is 7.27. The molecule has 0 spiro atoms. The van der Waals surface area contributed by atoms with Gasteiger partial charge in [0, 0.05) is 35.5 Å². The lowest BCUT2D eigenvalue weighted by Gasteiger charge is -2.31. The third-order valence-corrected chi connectivity index (χ3v) is 4.86. The second-order valence-corrected chi connectivity index (χ2v) is 6.45. The lowest BCUT2D eigenvalue weighted by molar-refractivity contribution is -0.124. The molecule has 0 unspecified atom stereocenters. The fourth-order valence-electron chi connectivity index (χ4n) is 2.40. The van der Waals surface area contributed by atoms with Crippen molar-refractivity contribution in [3.63, 3.8) is 0 Å². The van der Waals surface area contributed by atoms with Gasteiger partial charge in [0.2, 0.25) is 5.91 Å². The fraction of sp³-hybridized carbons (Fsp3) is 0.375. The molecule has 3 N–H and O–H groups in total. The predicted molar refractivity (Wildman–Crippen MR) is 95.1 cm³/mol. The highest BCUT2D eigenvalue weighted by molar-refractivity contribution is 7.13. The van der Waals surface area contributed by atoms with Crippen LogP contribution in [-0.2, 0) is 9.53 Å². The Morgan fingerprint density at radius 3 is 2.52 bits per heavy atom. The molecule has 23 heavy (non-hydrogen) atoms. The zero-order chi connectivity index (χ0) is 15.6. The number of ether oxygens (including phenoxy) is 1. The van der Waals surface area contributed by atoms with E-state index in [1.54, 1.807) is 11.3 Å². The molecular formula is C16H20ClN3O2S. The Bertz CT molecular complexity index is 666.